The van der Waals surface area contributed by atoms with Crippen molar-refractivity contribution in [2.24, 2.45) is 5.10 Å². The fourth-order valence-corrected chi connectivity index (χ4v) is 2.90. The summed E-state index contributed by atoms with van der Waals surface area (Å²) in [5.41, 5.74) is 4.85. The summed E-state index contributed by atoms with van der Waals surface area (Å²) in [4.78, 5) is 20.3. The van der Waals surface area contributed by atoms with Crippen molar-refractivity contribution in [2.45, 2.75) is 19.0 Å². The van der Waals surface area contributed by atoms with Gasteiger partial charge in [-0.3, -0.25) is 4.79 Å². The molecular weight excluding hydrogens is 355 g/mol. The highest BCUT2D eigenvalue weighted by Crippen LogP contribution is 2.19. The number of hydrogen-bond acceptors (Lipinski definition) is 5. The van der Waals surface area contributed by atoms with Gasteiger partial charge in [0.15, 0.2) is 5.16 Å². The monoisotopic (exact) mass is 368 g/mol. The van der Waals surface area contributed by atoms with Crippen molar-refractivity contribution in [1.82, 2.24) is 15.4 Å². The minimum Gasteiger partial charge on any atom is -0.272 e. The predicted octanol–water partition coefficient (Wildman–Crippen LogP) is 3.64. The van der Waals surface area contributed by atoms with Crippen LogP contribution < -0.4 is 5.43 Å². The van der Waals surface area contributed by atoms with E-state index in [0.29, 0.717) is 20.8 Å². The van der Waals surface area contributed by atoms with Gasteiger partial charge in [0.25, 0.3) is 5.91 Å². The topological polar surface area (TPSA) is 67.2 Å². The van der Waals surface area contributed by atoms with Crippen LogP contribution in [0.5, 0.6) is 0 Å². The fourth-order valence-electron chi connectivity index (χ4n) is 1.70. The molecule has 2 rings (SSSR count). The van der Waals surface area contributed by atoms with Crippen LogP contribution in [0.15, 0.2) is 34.5 Å². The van der Waals surface area contributed by atoms with Crippen LogP contribution in [0.25, 0.3) is 0 Å². The highest BCUT2D eigenvalue weighted by molar-refractivity contribution is 7.99. The van der Waals surface area contributed by atoms with Gasteiger partial charge in [-0.25, -0.2) is 15.4 Å². The van der Waals surface area contributed by atoms with Gasteiger partial charge in [-0.05, 0) is 32.0 Å². The van der Waals surface area contributed by atoms with Crippen molar-refractivity contribution in [1.29, 1.82) is 0 Å². The molecule has 0 radical (unpaired) electrons. The van der Waals surface area contributed by atoms with Crippen LogP contribution in [0.2, 0.25) is 10.0 Å². The predicted molar refractivity (Wildman–Crippen MR) is 94.4 cm³/mol. The highest BCUT2D eigenvalue weighted by Gasteiger charge is 2.05. The third kappa shape index (κ3) is 5.82. The number of nitrogens with zero attached hydrogens (tertiary/aromatic N) is 3. The second-order valence-corrected chi connectivity index (χ2v) is 6.47. The lowest BCUT2D eigenvalue weighted by Gasteiger charge is -2.02. The van der Waals surface area contributed by atoms with Crippen molar-refractivity contribution in [3.05, 3.63) is 51.3 Å². The van der Waals surface area contributed by atoms with Crippen LogP contribution in [-0.2, 0) is 4.79 Å². The number of carbonyl (C=O) groups excluding carboxylic acids is 1. The first-order chi connectivity index (χ1) is 10.9. The maximum atomic E-state index is 11.8. The second-order valence-electron chi connectivity index (χ2n) is 4.68. The molecule has 5 nitrogen and oxygen atoms in total. The molecule has 1 aromatic heterocycles. The van der Waals surface area contributed by atoms with E-state index in [1.54, 1.807) is 18.2 Å². The summed E-state index contributed by atoms with van der Waals surface area (Å²) >= 11 is 13.1. The quantitative estimate of drug-likeness (QED) is 0.378. The number of hydrazone groups is 1. The van der Waals surface area contributed by atoms with E-state index in [2.05, 4.69) is 20.5 Å². The Bertz CT molecular complexity index is 732. The molecule has 1 amide bonds. The van der Waals surface area contributed by atoms with Gasteiger partial charge in [-0.1, -0.05) is 41.0 Å². The maximum Gasteiger partial charge on any atom is 0.250 e. The van der Waals surface area contributed by atoms with Crippen molar-refractivity contribution in [3.8, 4) is 0 Å². The Kier molecular flexibility index (Phi) is 6.38. The van der Waals surface area contributed by atoms with E-state index < -0.39 is 0 Å². The average Bonchev–Trinajstić information content (AvgIpc) is 2.46. The Morgan fingerprint density at radius 3 is 2.61 bits per heavy atom. The molecule has 2 aromatic rings. The number of aromatic nitrogens is 2. The normalized spacial score (nSPS) is 11.0. The van der Waals surface area contributed by atoms with Gasteiger partial charge in [0.05, 0.1) is 17.0 Å². The highest BCUT2D eigenvalue weighted by atomic mass is 35.5. The van der Waals surface area contributed by atoms with Crippen molar-refractivity contribution < 1.29 is 4.79 Å². The SMILES string of the molecule is Cc1cc(C)nc(SCC(=O)NN=Cc2ccc(Cl)cc2Cl)n1. The molecule has 1 aromatic carbocycles. The lowest BCUT2D eigenvalue weighted by molar-refractivity contribution is -0.118. The number of thioether (sulfide) groups is 1. The van der Waals surface area contributed by atoms with Gasteiger partial charge in [-0.15, -0.1) is 0 Å². The van der Waals surface area contributed by atoms with Gasteiger partial charge in [-0.2, -0.15) is 5.10 Å². The molecule has 0 bridgehead atoms. The fraction of sp³-hybridized carbons (Fsp3) is 0.200. The van der Waals surface area contributed by atoms with Crippen LogP contribution in [0.4, 0.5) is 0 Å². The summed E-state index contributed by atoms with van der Waals surface area (Å²) in [7, 11) is 0. The summed E-state index contributed by atoms with van der Waals surface area (Å²) in [5.74, 6) is -0.0757. The van der Waals surface area contributed by atoms with Crippen LogP contribution in [0.1, 0.15) is 17.0 Å². The van der Waals surface area contributed by atoms with E-state index in [-0.39, 0.29) is 11.7 Å². The minimum atomic E-state index is -0.251. The van der Waals surface area contributed by atoms with E-state index >= 15 is 0 Å². The Hall–Kier alpha value is -1.63. The third-order valence-electron chi connectivity index (χ3n) is 2.65. The van der Waals surface area contributed by atoms with Gasteiger partial charge in [0, 0.05) is 22.0 Å². The van der Waals surface area contributed by atoms with E-state index in [9.17, 15) is 4.79 Å². The third-order valence-corrected chi connectivity index (χ3v) is 4.06. The number of aryl methyl sites for hydroxylation is 2. The van der Waals surface area contributed by atoms with Gasteiger partial charge in [0.1, 0.15) is 0 Å². The first kappa shape index (κ1) is 17.7. The Morgan fingerprint density at radius 1 is 1.26 bits per heavy atom. The van der Waals surface area contributed by atoms with E-state index in [4.69, 9.17) is 23.2 Å². The smallest absolute Gasteiger partial charge is 0.250 e. The molecular formula is C15H14Cl2N4OS. The number of halogens is 2. The Labute approximate surface area is 148 Å². The number of amides is 1. The molecule has 0 aliphatic heterocycles. The lowest BCUT2D eigenvalue weighted by atomic mass is 10.2. The van der Waals surface area contributed by atoms with Gasteiger partial charge >= 0.3 is 0 Å². The molecule has 1 heterocycles. The van der Waals surface area contributed by atoms with Crippen molar-refractivity contribution >= 4 is 47.1 Å². The molecule has 0 saturated heterocycles. The van der Waals surface area contributed by atoms with Crippen molar-refractivity contribution in [3.63, 3.8) is 0 Å². The molecule has 0 aliphatic rings. The summed E-state index contributed by atoms with van der Waals surface area (Å²) in [5, 5.41) is 5.45. The average molecular weight is 369 g/mol. The van der Waals surface area contributed by atoms with Gasteiger partial charge in [0.2, 0.25) is 0 Å². The summed E-state index contributed by atoms with van der Waals surface area (Å²) in [6, 6.07) is 6.91. The Balaban J connectivity index is 1.86. The van der Waals surface area contributed by atoms with E-state index in [1.807, 2.05) is 19.9 Å². The summed E-state index contributed by atoms with van der Waals surface area (Å²) < 4.78 is 0. The zero-order valence-electron chi connectivity index (χ0n) is 12.5. The van der Waals surface area contributed by atoms with Crippen LogP contribution in [-0.4, -0.2) is 27.8 Å². The molecule has 23 heavy (non-hydrogen) atoms. The number of benzene rings is 1. The first-order valence-electron chi connectivity index (χ1n) is 6.66. The number of rotatable bonds is 5. The standard InChI is InChI=1S/C15H14Cl2N4OS/c1-9-5-10(2)20-15(19-9)23-8-14(22)21-18-7-11-3-4-12(16)6-13(11)17/h3-7H,8H2,1-2H3,(H,21,22). The minimum absolute atomic E-state index is 0.175. The zero-order valence-corrected chi connectivity index (χ0v) is 14.8. The largest absolute Gasteiger partial charge is 0.272 e. The van der Waals surface area contributed by atoms with Crippen LogP contribution in [0, 0.1) is 13.8 Å². The Morgan fingerprint density at radius 2 is 1.96 bits per heavy atom. The van der Waals surface area contributed by atoms with Crippen molar-refractivity contribution in [2.75, 3.05) is 5.75 Å². The van der Waals surface area contributed by atoms with Crippen LogP contribution in [0.3, 0.4) is 0 Å². The molecule has 0 atom stereocenters. The molecule has 0 aliphatic carbocycles. The van der Waals surface area contributed by atoms with Crippen LogP contribution >= 0.6 is 35.0 Å². The first-order valence-corrected chi connectivity index (χ1v) is 8.40. The van der Waals surface area contributed by atoms with E-state index in [0.717, 1.165) is 11.4 Å². The maximum absolute atomic E-state index is 11.8. The van der Waals surface area contributed by atoms with E-state index in [1.165, 1.54) is 18.0 Å². The molecule has 0 fully saturated rings. The van der Waals surface area contributed by atoms with Gasteiger partial charge < -0.3 is 0 Å². The molecule has 8 heteroatoms. The summed E-state index contributed by atoms with van der Waals surface area (Å²) in [6.07, 6.45) is 1.47. The second kappa shape index (κ2) is 8.29. The number of nitrogens with one attached hydrogen (secondary N) is 1. The molecule has 120 valence electrons. The molecule has 0 unspecified atom stereocenters. The lowest BCUT2D eigenvalue weighted by Crippen LogP contribution is -2.19. The molecule has 0 saturated carbocycles. The number of carbonyl (C=O) groups is 1. The number of hydrogen-bond donors (Lipinski definition) is 1. The molecule has 1 N–H and O–H groups in total. The zero-order chi connectivity index (χ0) is 16.8. The molecule has 0 spiro atoms. The summed E-state index contributed by atoms with van der Waals surface area (Å²) in [6.45, 7) is 3.78.